The highest BCUT2D eigenvalue weighted by Crippen LogP contribution is 2.21. The Morgan fingerprint density at radius 3 is 2.71 bits per heavy atom. The van der Waals surface area contributed by atoms with Crippen molar-refractivity contribution in [1.82, 2.24) is 0 Å². The molecule has 0 amide bonds. The zero-order valence-corrected chi connectivity index (χ0v) is 9.99. The summed E-state index contributed by atoms with van der Waals surface area (Å²) < 4.78 is 23.1. The average Bonchev–Trinajstić information content (AvgIpc) is 2.13. The van der Waals surface area contributed by atoms with Crippen LogP contribution in [0.15, 0.2) is 0 Å². The fourth-order valence-corrected chi connectivity index (χ4v) is 4.02. The largest absolute Gasteiger partial charge is 0.298 e. The Hall–Kier alpha value is -0.0300. The number of carbonyl (C=O) groups excluding carboxylic acids is 1. The lowest BCUT2D eigenvalue weighted by Crippen LogP contribution is -2.35. The van der Waals surface area contributed by atoms with Crippen LogP contribution in [-0.2, 0) is 14.6 Å². The van der Waals surface area contributed by atoms with E-state index in [2.05, 4.69) is 0 Å². The monoisotopic (exact) mass is 236 g/mol. The fourth-order valence-electron chi connectivity index (χ4n) is 1.68. The van der Waals surface area contributed by atoms with Gasteiger partial charge in [-0.2, -0.15) is 11.8 Å². The van der Waals surface area contributed by atoms with Crippen molar-refractivity contribution in [2.24, 2.45) is 0 Å². The van der Waals surface area contributed by atoms with Crippen LogP contribution in [0.25, 0.3) is 0 Å². The van der Waals surface area contributed by atoms with Crippen molar-refractivity contribution in [1.29, 1.82) is 0 Å². The first kappa shape index (κ1) is 12.0. The minimum Gasteiger partial charge on any atom is -0.298 e. The molecule has 1 unspecified atom stereocenters. The van der Waals surface area contributed by atoms with E-state index in [4.69, 9.17) is 0 Å². The number of hydrogen-bond acceptors (Lipinski definition) is 4. The van der Waals surface area contributed by atoms with Gasteiger partial charge in [-0.3, -0.25) is 4.79 Å². The molecule has 1 heterocycles. The number of hydrogen-bond donors (Lipinski definition) is 0. The molecule has 0 saturated carbocycles. The molecule has 0 N–H and O–H groups in total. The van der Waals surface area contributed by atoms with E-state index in [1.807, 2.05) is 6.26 Å². The molecule has 1 aliphatic rings. The van der Waals surface area contributed by atoms with Crippen molar-refractivity contribution in [2.45, 2.75) is 30.9 Å². The molecule has 1 fully saturated rings. The first-order chi connectivity index (χ1) is 6.58. The lowest BCUT2D eigenvalue weighted by molar-refractivity contribution is -0.118. The summed E-state index contributed by atoms with van der Waals surface area (Å²) >= 11 is 1.58. The molecule has 14 heavy (non-hydrogen) atoms. The topological polar surface area (TPSA) is 51.2 Å². The van der Waals surface area contributed by atoms with Gasteiger partial charge in [-0.05, 0) is 24.9 Å². The number of thioether (sulfide) groups is 1. The molecule has 0 aromatic rings. The summed E-state index contributed by atoms with van der Waals surface area (Å²) in [6, 6.07) is 0. The van der Waals surface area contributed by atoms with Crippen LogP contribution in [0.3, 0.4) is 0 Å². The Bertz CT molecular complexity index is 295. The Morgan fingerprint density at radius 1 is 1.43 bits per heavy atom. The average molecular weight is 236 g/mol. The standard InChI is InChI=1S/C9H16O3S2/c1-13-6-5-8(10)9-4-2-3-7-14(9,11)12/h9H,2-7H2,1H3. The van der Waals surface area contributed by atoms with Gasteiger partial charge in [-0.15, -0.1) is 0 Å². The first-order valence-electron chi connectivity index (χ1n) is 4.81. The number of ketones is 1. The van der Waals surface area contributed by atoms with E-state index in [0.717, 1.165) is 12.2 Å². The molecule has 0 bridgehead atoms. The van der Waals surface area contributed by atoms with Crippen molar-refractivity contribution in [2.75, 3.05) is 17.8 Å². The maximum Gasteiger partial charge on any atom is 0.160 e. The highest BCUT2D eigenvalue weighted by atomic mass is 32.2. The smallest absolute Gasteiger partial charge is 0.160 e. The van der Waals surface area contributed by atoms with E-state index < -0.39 is 15.1 Å². The van der Waals surface area contributed by atoms with Gasteiger partial charge in [0.15, 0.2) is 15.6 Å². The van der Waals surface area contributed by atoms with Crippen LogP contribution in [0.5, 0.6) is 0 Å². The van der Waals surface area contributed by atoms with E-state index in [9.17, 15) is 13.2 Å². The number of Topliss-reactive ketones (excluding diaryl/α,β-unsaturated/α-hetero) is 1. The predicted octanol–water partition coefficient (Wildman–Crippen LogP) is 1.28. The van der Waals surface area contributed by atoms with Crippen LogP contribution in [0.4, 0.5) is 0 Å². The van der Waals surface area contributed by atoms with Gasteiger partial charge >= 0.3 is 0 Å². The van der Waals surface area contributed by atoms with Gasteiger partial charge in [-0.1, -0.05) is 6.42 Å². The Morgan fingerprint density at radius 2 is 2.14 bits per heavy atom. The molecule has 1 rings (SSSR count). The molecule has 0 radical (unpaired) electrons. The van der Waals surface area contributed by atoms with Crippen molar-refractivity contribution in [3.63, 3.8) is 0 Å². The van der Waals surface area contributed by atoms with Crippen molar-refractivity contribution >= 4 is 27.4 Å². The highest BCUT2D eigenvalue weighted by Gasteiger charge is 2.33. The number of carbonyl (C=O) groups is 1. The zero-order valence-electron chi connectivity index (χ0n) is 8.36. The molecule has 1 atom stereocenters. The molecular weight excluding hydrogens is 220 g/mol. The van der Waals surface area contributed by atoms with Crippen molar-refractivity contribution in [3.8, 4) is 0 Å². The zero-order chi connectivity index (χ0) is 10.6. The summed E-state index contributed by atoms with van der Waals surface area (Å²) in [7, 11) is -3.11. The normalized spacial score (nSPS) is 25.9. The van der Waals surface area contributed by atoms with Crippen molar-refractivity contribution < 1.29 is 13.2 Å². The van der Waals surface area contributed by atoms with Crippen LogP contribution in [0, 0.1) is 0 Å². The second-order valence-corrected chi connectivity index (χ2v) is 6.85. The SMILES string of the molecule is CSCCC(=O)C1CCCCS1(=O)=O. The van der Waals surface area contributed by atoms with Crippen molar-refractivity contribution in [3.05, 3.63) is 0 Å². The van der Waals surface area contributed by atoms with E-state index in [1.165, 1.54) is 0 Å². The fraction of sp³-hybridized carbons (Fsp3) is 0.889. The number of rotatable bonds is 4. The van der Waals surface area contributed by atoms with Crippen LogP contribution in [-0.4, -0.2) is 37.2 Å². The molecular formula is C9H16O3S2. The summed E-state index contributed by atoms with van der Waals surface area (Å²) in [5, 5.41) is -0.691. The van der Waals surface area contributed by atoms with E-state index >= 15 is 0 Å². The maximum absolute atomic E-state index is 11.6. The van der Waals surface area contributed by atoms with Gasteiger partial charge in [0, 0.05) is 6.42 Å². The van der Waals surface area contributed by atoms with Gasteiger partial charge in [-0.25, -0.2) is 8.42 Å². The van der Waals surface area contributed by atoms with Gasteiger partial charge in [0.1, 0.15) is 5.25 Å². The van der Waals surface area contributed by atoms with Crippen LogP contribution >= 0.6 is 11.8 Å². The van der Waals surface area contributed by atoms with E-state index in [1.54, 1.807) is 11.8 Å². The molecule has 1 aliphatic heterocycles. The summed E-state index contributed by atoms with van der Waals surface area (Å²) in [4.78, 5) is 11.6. The van der Waals surface area contributed by atoms with E-state index in [0.29, 0.717) is 19.3 Å². The van der Waals surface area contributed by atoms with E-state index in [-0.39, 0.29) is 11.5 Å². The molecule has 1 saturated heterocycles. The maximum atomic E-state index is 11.6. The summed E-state index contributed by atoms with van der Waals surface area (Å²) in [6.07, 6.45) is 4.44. The minimum atomic E-state index is -3.11. The van der Waals surface area contributed by atoms with Crippen LogP contribution < -0.4 is 0 Å². The van der Waals surface area contributed by atoms with Gasteiger partial charge in [0.25, 0.3) is 0 Å². The Labute approximate surface area is 89.6 Å². The predicted molar refractivity (Wildman–Crippen MR) is 59.4 cm³/mol. The third kappa shape index (κ3) is 2.98. The molecule has 0 spiro atoms. The first-order valence-corrected chi connectivity index (χ1v) is 7.92. The number of sulfone groups is 1. The second kappa shape index (κ2) is 5.16. The van der Waals surface area contributed by atoms with Gasteiger partial charge in [0.05, 0.1) is 5.75 Å². The minimum absolute atomic E-state index is 0.0842. The van der Waals surface area contributed by atoms with Crippen LogP contribution in [0.2, 0.25) is 0 Å². The lowest BCUT2D eigenvalue weighted by atomic mass is 10.1. The molecule has 82 valence electrons. The summed E-state index contributed by atoms with van der Waals surface area (Å²) in [6.45, 7) is 0. The summed E-state index contributed by atoms with van der Waals surface area (Å²) in [5.41, 5.74) is 0. The Kier molecular flexibility index (Phi) is 4.44. The Balaban J connectivity index is 2.61. The molecule has 5 heteroatoms. The lowest BCUT2D eigenvalue weighted by Gasteiger charge is -2.20. The molecule has 3 nitrogen and oxygen atoms in total. The highest BCUT2D eigenvalue weighted by molar-refractivity contribution is 7.98. The van der Waals surface area contributed by atoms with Crippen LogP contribution in [0.1, 0.15) is 25.7 Å². The molecule has 0 aromatic heterocycles. The second-order valence-electron chi connectivity index (χ2n) is 3.56. The quantitative estimate of drug-likeness (QED) is 0.738. The van der Waals surface area contributed by atoms with Gasteiger partial charge < -0.3 is 0 Å². The third-order valence-corrected chi connectivity index (χ3v) is 5.33. The molecule has 0 aliphatic carbocycles. The summed E-state index contributed by atoms with van der Waals surface area (Å²) in [5.74, 6) is 0.840. The third-order valence-electron chi connectivity index (χ3n) is 2.49. The molecule has 0 aromatic carbocycles. The van der Waals surface area contributed by atoms with Gasteiger partial charge in [0.2, 0.25) is 0 Å².